The average molecular weight is 440 g/mol. The highest BCUT2D eigenvalue weighted by Crippen LogP contribution is 2.23. The molecular weight excluding hydrogens is 414 g/mol. The molecule has 1 aromatic carbocycles. The summed E-state index contributed by atoms with van der Waals surface area (Å²) >= 11 is 0. The number of fused-ring (bicyclic) bond motifs is 1. The molecule has 1 N–H and O–H groups in total. The smallest absolute Gasteiger partial charge is 0.275 e. The first kappa shape index (κ1) is 22.0. The Hall–Kier alpha value is -4.25. The molecule has 3 aromatic heterocycles. The van der Waals surface area contributed by atoms with E-state index in [1.807, 2.05) is 36.4 Å². The highest BCUT2D eigenvalue weighted by molar-refractivity contribution is 6.02. The maximum absolute atomic E-state index is 13.0. The molecule has 3 heterocycles. The fourth-order valence-corrected chi connectivity index (χ4v) is 3.69. The van der Waals surface area contributed by atoms with Crippen LogP contribution in [0.4, 0.5) is 11.6 Å². The van der Waals surface area contributed by atoms with Crippen LogP contribution in [0.25, 0.3) is 16.9 Å². The van der Waals surface area contributed by atoms with Crippen molar-refractivity contribution in [3.63, 3.8) is 0 Å². The maximum atomic E-state index is 13.0. The van der Waals surface area contributed by atoms with Crippen LogP contribution in [0.1, 0.15) is 42.7 Å². The lowest BCUT2D eigenvalue weighted by molar-refractivity contribution is 0.102. The molecule has 0 aliphatic rings. The van der Waals surface area contributed by atoms with E-state index in [1.54, 1.807) is 28.9 Å². The van der Waals surface area contributed by atoms with Crippen molar-refractivity contribution in [2.75, 3.05) is 23.3 Å². The number of anilines is 2. The number of carbonyl (C=O) groups excluding carboxylic acids is 1. The zero-order valence-electron chi connectivity index (χ0n) is 18.7. The standard InChI is InChI=1S/C25H25N7O/c1-3-14-31(15-4-2)23-11-7-10-21(28-23)25(33)29-24-17-27-22-13-12-20(30-32(22)24)19-9-6-5-8-18(19)16-26/h5-13,17H,3-4,14-15H2,1-2H3,(H,29,33). The summed E-state index contributed by atoms with van der Waals surface area (Å²) in [5.74, 6) is 0.881. The van der Waals surface area contributed by atoms with Gasteiger partial charge in [-0.25, -0.2) is 9.97 Å². The zero-order chi connectivity index (χ0) is 23.2. The Morgan fingerprint density at radius 2 is 1.85 bits per heavy atom. The van der Waals surface area contributed by atoms with Gasteiger partial charge in [0.25, 0.3) is 5.91 Å². The summed E-state index contributed by atoms with van der Waals surface area (Å²) in [6.45, 7) is 6.02. The normalized spacial score (nSPS) is 10.7. The molecule has 8 nitrogen and oxygen atoms in total. The van der Waals surface area contributed by atoms with Crippen molar-refractivity contribution in [1.29, 1.82) is 5.26 Å². The lowest BCUT2D eigenvalue weighted by Crippen LogP contribution is -2.26. The van der Waals surface area contributed by atoms with Crippen LogP contribution in [0, 0.1) is 11.3 Å². The second-order valence-corrected chi connectivity index (χ2v) is 7.61. The average Bonchev–Trinajstić information content (AvgIpc) is 3.25. The summed E-state index contributed by atoms with van der Waals surface area (Å²) < 4.78 is 1.56. The van der Waals surface area contributed by atoms with Gasteiger partial charge in [0.1, 0.15) is 11.5 Å². The molecular formula is C25H25N7O. The van der Waals surface area contributed by atoms with Gasteiger partial charge in [0, 0.05) is 18.7 Å². The van der Waals surface area contributed by atoms with E-state index in [1.165, 1.54) is 0 Å². The Bertz CT molecular complexity index is 1320. The number of nitrogens with zero attached hydrogens (tertiary/aromatic N) is 6. The highest BCUT2D eigenvalue weighted by atomic mass is 16.2. The van der Waals surface area contributed by atoms with Crippen LogP contribution >= 0.6 is 0 Å². The summed E-state index contributed by atoms with van der Waals surface area (Å²) in [5.41, 5.74) is 2.77. The monoisotopic (exact) mass is 439 g/mol. The van der Waals surface area contributed by atoms with Gasteiger partial charge in [0.2, 0.25) is 0 Å². The van der Waals surface area contributed by atoms with Crippen LogP contribution in [0.15, 0.2) is 60.8 Å². The third-order valence-corrected chi connectivity index (χ3v) is 5.21. The van der Waals surface area contributed by atoms with Crippen molar-refractivity contribution < 1.29 is 4.79 Å². The number of rotatable bonds is 8. The minimum absolute atomic E-state index is 0.325. The first-order valence-electron chi connectivity index (χ1n) is 11.0. The molecule has 166 valence electrons. The molecule has 0 saturated carbocycles. The summed E-state index contributed by atoms with van der Waals surface area (Å²) in [7, 11) is 0. The first-order valence-corrected chi connectivity index (χ1v) is 11.0. The van der Waals surface area contributed by atoms with E-state index < -0.39 is 0 Å². The van der Waals surface area contributed by atoms with Crippen molar-refractivity contribution in [3.8, 4) is 17.3 Å². The largest absolute Gasteiger partial charge is 0.357 e. The molecule has 4 aromatic rings. The number of pyridine rings is 1. The van der Waals surface area contributed by atoms with Crippen LogP contribution in [0.2, 0.25) is 0 Å². The van der Waals surface area contributed by atoms with Gasteiger partial charge in [0.05, 0.1) is 23.5 Å². The van der Waals surface area contributed by atoms with E-state index in [0.29, 0.717) is 34.0 Å². The number of amides is 1. The lowest BCUT2D eigenvalue weighted by Gasteiger charge is -2.22. The molecule has 0 aliphatic heterocycles. The van der Waals surface area contributed by atoms with Gasteiger partial charge in [-0.1, -0.05) is 38.1 Å². The summed E-state index contributed by atoms with van der Waals surface area (Å²) in [4.78, 5) is 24.1. The molecule has 0 spiro atoms. The number of nitriles is 1. The molecule has 1 amide bonds. The third-order valence-electron chi connectivity index (χ3n) is 5.21. The van der Waals surface area contributed by atoms with Crippen molar-refractivity contribution in [2.45, 2.75) is 26.7 Å². The Morgan fingerprint density at radius 3 is 2.61 bits per heavy atom. The topological polar surface area (TPSA) is 99.2 Å². The first-order chi connectivity index (χ1) is 16.1. The summed E-state index contributed by atoms with van der Waals surface area (Å²) in [6.07, 6.45) is 3.57. The van der Waals surface area contributed by atoms with Crippen LogP contribution in [0.5, 0.6) is 0 Å². The van der Waals surface area contributed by atoms with Crippen LogP contribution in [0.3, 0.4) is 0 Å². The van der Waals surface area contributed by atoms with Crippen molar-refractivity contribution in [1.82, 2.24) is 19.6 Å². The third kappa shape index (κ3) is 4.67. The molecule has 0 fully saturated rings. The number of aromatic nitrogens is 4. The van der Waals surface area contributed by atoms with E-state index in [0.717, 1.165) is 31.7 Å². The molecule has 0 aliphatic carbocycles. The number of hydrogen-bond acceptors (Lipinski definition) is 6. The predicted octanol–water partition coefficient (Wildman–Crippen LogP) is 4.54. The fraction of sp³-hybridized carbons (Fsp3) is 0.240. The molecule has 0 radical (unpaired) electrons. The molecule has 4 rings (SSSR count). The van der Waals surface area contributed by atoms with Gasteiger partial charge in [0.15, 0.2) is 11.5 Å². The predicted molar refractivity (Wildman–Crippen MR) is 128 cm³/mol. The fourth-order valence-electron chi connectivity index (χ4n) is 3.69. The Balaban J connectivity index is 1.63. The number of hydrogen-bond donors (Lipinski definition) is 1. The highest BCUT2D eigenvalue weighted by Gasteiger charge is 2.15. The number of carbonyl (C=O) groups is 1. The Morgan fingerprint density at radius 1 is 1.06 bits per heavy atom. The molecule has 33 heavy (non-hydrogen) atoms. The van der Waals surface area contributed by atoms with Crippen LogP contribution in [-0.2, 0) is 0 Å². The quantitative estimate of drug-likeness (QED) is 0.433. The molecule has 8 heteroatoms. The molecule has 0 unspecified atom stereocenters. The Labute approximate surface area is 192 Å². The van der Waals surface area contributed by atoms with Crippen LogP contribution in [-0.4, -0.2) is 38.6 Å². The lowest BCUT2D eigenvalue weighted by atomic mass is 10.1. The van der Waals surface area contributed by atoms with E-state index in [-0.39, 0.29) is 5.91 Å². The molecule has 0 bridgehead atoms. The van der Waals surface area contributed by atoms with Gasteiger partial charge in [-0.15, -0.1) is 0 Å². The van der Waals surface area contributed by atoms with Gasteiger partial charge in [-0.05, 0) is 43.2 Å². The molecule has 0 atom stereocenters. The zero-order valence-corrected chi connectivity index (χ0v) is 18.7. The molecule has 0 saturated heterocycles. The van der Waals surface area contributed by atoms with E-state index in [2.05, 4.69) is 45.2 Å². The number of imidazole rings is 1. The van der Waals surface area contributed by atoms with E-state index in [9.17, 15) is 10.1 Å². The van der Waals surface area contributed by atoms with Crippen molar-refractivity contribution in [2.24, 2.45) is 0 Å². The summed E-state index contributed by atoms with van der Waals surface area (Å²) in [6, 6.07) is 18.5. The van der Waals surface area contributed by atoms with Crippen molar-refractivity contribution in [3.05, 3.63) is 72.1 Å². The van der Waals surface area contributed by atoms with E-state index in [4.69, 9.17) is 0 Å². The van der Waals surface area contributed by atoms with Gasteiger partial charge < -0.3 is 10.2 Å². The van der Waals surface area contributed by atoms with Gasteiger partial charge in [-0.3, -0.25) is 4.79 Å². The van der Waals surface area contributed by atoms with Gasteiger partial charge in [-0.2, -0.15) is 14.9 Å². The number of benzene rings is 1. The van der Waals surface area contributed by atoms with Crippen molar-refractivity contribution >= 4 is 23.2 Å². The van der Waals surface area contributed by atoms with Gasteiger partial charge >= 0.3 is 0 Å². The van der Waals surface area contributed by atoms with E-state index >= 15 is 0 Å². The second-order valence-electron chi connectivity index (χ2n) is 7.61. The number of nitrogens with one attached hydrogen (secondary N) is 1. The van der Waals surface area contributed by atoms with Crippen LogP contribution < -0.4 is 10.2 Å². The second kappa shape index (κ2) is 9.92. The summed E-state index contributed by atoms with van der Waals surface area (Å²) in [5, 5.41) is 16.9. The minimum Gasteiger partial charge on any atom is -0.357 e. The SMILES string of the molecule is CCCN(CCC)c1cccc(C(=O)Nc2cnc3ccc(-c4ccccc4C#N)nn23)n1. The Kier molecular flexibility index (Phi) is 6.60. The maximum Gasteiger partial charge on any atom is 0.275 e. The minimum atomic E-state index is -0.337.